The molecule has 12 heteroatoms. The Balaban J connectivity index is 1.64. The third kappa shape index (κ3) is 3.33. The first-order chi connectivity index (χ1) is 17.4. The molecule has 0 saturated heterocycles. The fourth-order valence-corrected chi connectivity index (χ4v) is 9.04. The van der Waals surface area contributed by atoms with E-state index in [-0.39, 0.29) is 30.5 Å². The SMILES string of the molecule is C[C@@H]1C[C@H]2[C@@H]3C[C@H](F)C4=CC(=O)C=C[C@]4(C)[C@@]3(F)[C@@H](O)C[C@]2(C)[C@@]1(OC(=O)c1csnn1)C(=O)SCF. The van der Waals surface area contributed by atoms with Gasteiger partial charge < -0.3 is 9.84 Å². The molecule has 3 fully saturated rings. The van der Waals surface area contributed by atoms with Crippen LogP contribution in [0.1, 0.15) is 50.5 Å². The third-order valence-corrected chi connectivity index (χ3v) is 10.7. The van der Waals surface area contributed by atoms with Crippen LogP contribution in [0.2, 0.25) is 0 Å². The lowest BCUT2D eigenvalue weighted by Gasteiger charge is -2.63. The minimum absolute atomic E-state index is 0.00904. The number of rotatable bonds is 4. The quantitative estimate of drug-likeness (QED) is 0.551. The zero-order valence-corrected chi connectivity index (χ0v) is 22.1. The summed E-state index contributed by atoms with van der Waals surface area (Å²) in [6.07, 6.45) is -0.128. The molecular weight excluding hydrogens is 529 g/mol. The number of hydrogen-bond donors (Lipinski definition) is 1. The minimum atomic E-state index is -2.35. The van der Waals surface area contributed by atoms with E-state index in [2.05, 4.69) is 9.59 Å². The maximum atomic E-state index is 17.4. The maximum Gasteiger partial charge on any atom is 0.360 e. The lowest BCUT2D eigenvalue weighted by Crippen LogP contribution is -2.70. The van der Waals surface area contributed by atoms with Crippen molar-refractivity contribution in [3.63, 3.8) is 0 Å². The van der Waals surface area contributed by atoms with Crippen molar-refractivity contribution < 1.29 is 37.4 Å². The Labute approximate surface area is 220 Å². The Hall–Kier alpha value is -2.05. The number of aliphatic hydroxyl groups is 1. The van der Waals surface area contributed by atoms with E-state index in [1.165, 1.54) is 24.5 Å². The molecular formula is C25H27F3N2O5S2. The van der Waals surface area contributed by atoms with E-state index >= 15 is 8.78 Å². The van der Waals surface area contributed by atoms with Crippen LogP contribution in [0.4, 0.5) is 13.2 Å². The van der Waals surface area contributed by atoms with Gasteiger partial charge in [0.15, 0.2) is 22.7 Å². The number of thioether (sulfide) groups is 1. The number of aliphatic hydroxyl groups excluding tert-OH is 1. The predicted octanol–water partition coefficient (Wildman–Crippen LogP) is 4.19. The Kier molecular flexibility index (Phi) is 6.27. The molecule has 4 aliphatic carbocycles. The molecule has 9 atom stereocenters. The number of hydrogen-bond acceptors (Lipinski definition) is 9. The largest absolute Gasteiger partial charge is 0.444 e. The number of ketones is 1. The standard InChI is InChI=1S/C25H27F3N2O5S2/c1-12-6-14-15-8-17(27)16-7-13(31)4-5-22(16,2)24(15,28)19(32)9-23(14,3)25(12,21(34)36-11-26)35-20(33)18-10-37-30-29-18/h4-5,7,10,12,14-15,17,19,32H,6,8-9,11H2,1-3H3/t12-,14+,15+,17+,19+,22+,23+,24+,25+/m1/s1. The van der Waals surface area contributed by atoms with Gasteiger partial charge in [0.2, 0.25) is 5.12 Å². The average Bonchev–Trinajstić information content (AvgIpc) is 3.45. The summed E-state index contributed by atoms with van der Waals surface area (Å²) in [6, 6.07) is -1.07. The van der Waals surface area contributed by atoms with Crippen molar-refractivity contribution in [2.24, 2.45) is 28.6 Å². The van der Waals surface area contributed by atoms with Gasteiger partial charge in [-0.15, -0.1) is 5.10 Å². The Morgan fingerprint density at radius 2 is 2.03 bits per heavy atom. The highest BCUT2D eigenvalue weighted by Gasteiger charge is 2.78. The summed E-state index contributed by atoms with van der Waals surface area (Å²) in [7, 11) is 0. The van der Waals surface area contributed by atoms with Crippen molar-refractivity contribution in [3.05, 3.63) is 34.9 Å². The van der Waals surface area contributed by atoms with Crippen LogP contribution in [0.3, 0.4) is 0 Å². The van der Waals surface area contributed by atoms with Crippen molar-refractivity contribution >= 4 is 40.2 Å². The van der Waals surface area contributed by atoms with Crippen LogP contribution in [0.5, 0.6) is 0 Å². The number of fused-ring (bicyclic) bond motifs is 5. The molecule has 4 aliphatic rings. The second kappa shape index (κ2) is 8.74. The van der Waals surface area contributed by atoms with E-state index in [1.54, 1.807) is 13.8 Å². The molecule has 0 spiro atoms. The molecule has 5 rings (SSSR count). The van der Waals surface area contributed by atoms with E-state index in [0.29, 0.717) is 11.8 Å². The highest BCUT2D eigenvalue weighted by atomic mass is 32.2. The summed E-state index contributed by atoms with van der Waals surface area (Å²) in [4.78, 5) is 38.7. The number of carbonyl (C=O) groups excluding carboxylic acids is 3. The molecule has 1 aromatic rings. The van der Waals surface area contributed by atoms with E-state index in [0.717, 1.165) is 17.6 Å². The number of halogens is 3. The first kappa shape index (κ1) is 26.6. The Bertz CT molecular complexity index is 1210. The fourth-order valence-electron chi connectivity index (χ4n) is 7.83. The van der Waals surface area contributed by atoms with Gasteiger partial charge in [-0.05, 0) is 73.1 Å². The lowest BCUT2D eigenvalue weighted by molar-refractivity contribution is -0.221. The van der Waals surface area contributed by atoms with Gasteiger partial charge in [-0.25, -0.2) is 18.0 Å². The number of ether oxygens (including phenoxy) is 1. The van der Waals surface area contributed by atoms with Crippen LogP contribution in [-0.4, -0.2) is 61.1 Å². The molecule has 0 radical (unpaired) electrons. The summed E-state index contributed by atoms with van der Waals surface area (Å²) < 4.78 is 56.0. The Morgan fingerprint density at radius 3 is 2.68 bits per heavy atom. The predicted molar refractivity (Wildman–Crippen MR) is 130 cm³/mol. The van der Waals surface area contributed by atoms with Gasteiger partial charge in [0, 0.05) is 28.0 Å². The first-order valence-electron chi connectivity index (χ1n) is 12.1. The maximum absolute atomic E-state index is 17.4. The highest BCUT2D eigenvalue weighted by Crippen LogP contribution is 2.72. The Morgan fingerprint density at radius 1 is 1.30 bits per heavy atom. The molecule has 1 aromatic heterocycles. The second-order valence-corrected chi connectivity index (χ2v) is 12.4. The zero-order valence-electron chi connectivity index (χ0n) is 20.4. The van der Waals surface area contributed by atoms with Crippen LogP contribution in [-0.2, 0) is 14.3 Å². The second-order valence-electron chi connectivity index (χ2n) is 11.0. The van der Waals surface area contributed by atoms with Gasteiger partial charge in [0.25, 0.3) is 0 Å². The molecule has 7 nitrogen and oxygen atoms in total. The molecule has 0 bridgehead atoms. The van der Waals surface area contributed by atoms with Gasteiger partial charge in [-0.3, -0.25) is 9.59 Å². The number of nitrogens with zero attached hydrogens (tertiary/aromatic N) is 2. The minimum Gasteiger partial charge on any atom is -0.444 e. The van der Waals surface area contributed by atoms with Crippen molar-refractivity contribution in [1.82, 2.24) is 9.59 Å². The van der Waals surface area contributed by atoms with Crippen molar-refractivity contribution in [2.75, 3.05) is 6.01 Å². The van der Waals surface area contributed by atoms with Gasteiger partial charge in [-0.2, -0.15) is 0 Å². The van der Waals surface area contributed by atoms with Gasteiger partial charge in [-0.1, -0.05) is 24.4 Å². The average molecular weight is 557 g/mol. The van der Waals surface area contributed by atoms with Gasteiger partial charge >= 0.3 is 5.97 Å². The van der Waals surface area contributed by atoms with Crippen molar-refractivity contribution in [3.8, 4) is 0 Å². The third-order valence-electron chi connectivity index (χ3n) is 9.48. The van der Waals surface area contributed by atoms with Crippen LogP contribution >= 0.6 is 23.3 Å². The van der Waals surface area contributed by atoms with E-state index in [9.17, 15) is 23.9 Å². The van der Waals surface area contributed by atoms with Gasteiger partial charge in [0.1, 0.15) is 12.2 Å². The molecule has 0 unspecified atom stereocenters. The summed E-state index contributed by atoms with van der Waals surface area (Å²) in [5, 5.41) is 15.8. The summed E-state index contributed by atoms with van der Waals surface area (Å²) >= 11 is 1.26. The first-order valence-corrected chi connectivity index (χ1v) is 13.9. The van der Waals surface area contributed by atoms with Crippen LogP contribution in [0, 0.1) is 28.6 Å². The number of carbonyl (C=O) groups is 3. The zero-order chi connectivity index (χ0) is 27.0. The normalized spacial score (nSPS) is 44.5. The van der Waals surface area contributed by atoms with Crippen molar-refractivity contribution in [2.45, 2.75) is 63.6 Å². The van der Waals surface area contributed by atoms with E-state index < -0.39 is 75.0 Å². The topological polar surface area (TPSA) is 106 Å². The number of allylic oxidation sites excluding steroid dienone is 4. The number of aromatic nitrogens is 2. The summed E-state index contributed by atoms with van der Waals surface area (Å²) in [6.45, 7) is 4.78. The van der Waals surface area contributed by atoms with Crippen LogP contribution in [0.15, 0.2) is 29.2 Å². The molecule has 3 saturated carbocycles. The number of alkyl halides is 3. The van der Waals surface area contributed by atoms with E-state index in [4.69, 9.17) is 4.74 Å². The molecule has 0 amide bonds. The van der Waals surface area contributed by atoms with Crippen LogP contribution in [0.25, 0.3) is 0 Å². The van der Waals surface area contributed by atoms with Crippen molar-refractivity contribution in [1.29, 1.82) is 0 Å². The molecule has 0 aliphatic heterocycles. The fraction of sp³-hybridized carbons (Fsp3) is 0.640. The van der Waals surface area contributed by atoms with Gasteiger partial charge in [0.05, 0.1) is 6.10 Å². The molecule has 200 valence electrons. The lowest BCUT2D eigenvalue weighted by atomic mass is 9.44. The van der Waals surface area contributed by atoms with E-state index in [1.807, 2.05) is 0 Å². The summed E-state index contributed by atoms with van der Waals surface area (Å²) in [5.74, 6) is -3.82. The smallest absolute Gasteiger partial charge is 0.360 e. The molecule has 0 aromatic carbocycles. The number of esters is 1. The molecule has 1 N–H and O–H groups in total. The summed E-state index contributed by atoms with van der Waals surface area (Å²) in [5.41, 5.74) is -7.32. The molecule has 37 heavy (non-hydrogen) atoms. The van der Waals surface area contributed by atoms with Crippen LogP contribution < -0.4 is 0 Å². The highest BCUT2D eigenvalue weighted by molar-refractivity contribution is 8.13. The monoisotopic (exact) mass is 556 g/mol. The molecule has 1 heterocycles.